The molecular weight excluding hydrogens is 669 g/mol. The van der Waals surface area contributed by atoms with E-state index in [0.29, 0.717) is 33.5 Å². The molecule has 0 aromatic carbocycles. The van der Waals surface area contributed by atoms with Crippen molar-refractivity contribution in [2.75, 3.05) is 0 Å². The lowest BCUT2D eigenvalue weighted by Crippen LogP contribution is -2.53. The topological polar surface area (TPSA) is 29.5 Å². The molecule has 17 unspecified atom stereocenters. The number of ether oxygens (including phenoxy) is 1. The van der Waals surface area contributed by atoms with Gasteiger partial charge in [-0.25, -0.2) is 0 Å². The van der Waals surface area contributed by atoms with Gasteiger partial charge in [-0.2, -0.15) is 0 Å². The van der Waals surface area contributed by atoms with Crippen molar-refractivity contribution < 1.29 is 9.84 Å². The second-order valence-corrected chi connectivity index (χ2v) is 23.7. The van der Waals surface area contributed by atoms with Crippen LogP contribution in [0.3, 0.4) is 0 Å². The molecule has 0 aliphatic heterocycles. The van der Waals surface area contributed by atoms with E-state index in [1.54, 1.807) is 5.57 Å². The average molecular weight is 757 g/mol. The molecule has 0 amide bonds. The molecule has 8 rings (SSSR count). The maximum absolute atomic E-state index is 11.4. The van der Waals surface area contributed by atoms with Gasteiger partial charge < -0.3 is 9.84 Å². The van der Waals surface area contributed by atoms with Crippen LogP contribution in [0.4, 0.5) is 0 Å². The van der Waals surface area contributed by atoms with E-state index < -0.39 is 6.29 Å². The summed E-state index contributed by atoms with van der Waals surface area (Å²) >= 11 is 0. The summed E-state index contributed by atoms with van der Waals surface area (Å²) in [6.45, 7) is 23.0. The molecule has 8 aliphatic rings. The number of hydrogen-bond acceptors (Lipinski definition) is 2. The molecule has 2 heteroatoms. The van der Waals surface area contributed by atoms with Crippen molar-refractivity contribution in [2.45, 2.75) is 210 Å². The molecule has 0 aromatic heterocycles. The summed E-state index contributed by atoms with van der Waals surface area (Å²) < 4.78 is 6.59. The van der Waals surface area contributed by atoms with Crippen LogP contribution in [0.15, 0.2) is 23.8 Å². The Hall–Kier alpha value is -0.600. The van der Waals surface area contributed by atoms with E-state index in [2.05, 4.69) is 80.5 Å². The van der Waals surface area contributed by atoms with Gasteiger partial charge >= 0.3 is 0 Å². The summed E-state index contributed by atoms with van der Waals surface area (Å²) in [5, 5.41) is 11.4. The van der Waals surface area contributed by atoms with Gasteiger partial charge in [-0.05, 0) is 221 Å². The van der Waals surface area contributed by atoms with Crippen molar-refractivity contribution in [3.05, 3.63) is 23.8 Å². The van der Waals surface area contributed by atoms with Gasteiger partial charge in [-0.15, -0.1) is 0 Å². The van der Waals surface area contributed by atoms with Gasteiger partial charge in [0.25, 0.3) is 0 Å². The number of hydrogen-bond donors (Lipinski definition) is 1. The fourth-order valence-electron chi connectivity index (χ4n) is 18.1. The van der Waals surface area contributed by atoms with Crippen molar-refractivity contribution in [2.24, 2.45) is 98.6 Å². The van der Waals surface area contributed by atoms with Crippen LogP contribution in [-0.4, -0.2) is 17.5 Å². The Morgan fingerprint density at radius 1 is 0.691 bits per heavy atom. The first-order chi connectivity index (χ1) is 26.2. The molecular formula is C53H88O2. The molecule has 0 aromatic rings. The fraction of sp³-hybridized carbons (Fsp3) is 0.925. The van der Waals surface area contributed by atoms with Crippen molar-refractivity contribution >= 4 is 0 Å². The first-order valence-corrected chi connectivity index (χ1v) is 24.9. The van der Waals surface area contributed by atoms with Gasteiger partial charge in [0.15, 0.2) is 6.29 Å². The summed E-state index contributed by atoms with van der Waals surface area (Å²) in [5.41, 5.74) is 3.67. The third kappa shape index (κ3) is 7.06. The van der Waals surface area contributed by atoms with E-state index in [4.69, 9.17) is 4.74 Å². The summed E-state index contributed by atoms with van der Waals surface area (Å²) in [5.74, 6) is 11.0. The summed E-state index contributed by atoms with van der Waals surface area (Å²) in [6, 6.07) is 0. The minimum Gasteiger partial charge on any atom is -0.368 e. The van der Waals surface area contributed by atoms with Crippen molar-refractivity contribution in [3.63, 3.8) is 0 Å². The average Bonchev–Trinajstić information content (AvgIpc) is 3.70. The molecule has 0 saturated heterocycles. The van der Waals surface area contributed by atoms with E-state index in [1.807, 2.05) is 0 Å². The normalized spacial score (nSPS) is 48.8. The molecule has 8 aliphatic carbocycles. The Balaban J connectivity index is 0.838. The quantitative estimate of drug-likeness (QED) is 0.168. The highest BCUT2D eigenvalue weighted by molar-refractivity contribution is 5.26. The molecule has 1 N–H and O–H groups in total. The molecule has 7 saturated carbocycles. The summed E-state index contributed by atoms with van der Waals surface area (Å²) in [4.78, 5) is 0. The number of rotatable bonds is 11. The largest absolute Gasteiger partial charge is 0.368 e. The smallest absolute Gasteiger partial charge is 0.154 e. The van der Waals surface area contributed by atoms with Crippen molar-refractivity contribution in [3.8, 4) is 0 Å². The van der Waals surface area contributed by atoms with Gasteiger partial charge in [-0.1, -0.05) is 99.0 Å². The highest BCUT2D eigenvalue weighted by Gasteiger charge is 2.61. The number of allylic oxidation sites excluding steroid dienone is 3. The maximum Gasteiger partial charge on any atom is 0.154 e. The number of aliphatic hydroxyl groups excluding tert-OH is 1. The van der Waals surface area contributed by atoms with Crippen LogP contribution in [0, 0.1) is 98.6 Å². The second-order valence-electron chi connectivity index (χ2n) is 23.7. The third-order valence-electron chi connectivity index (χ3n) is 21.3. The molecule has 0 spiro atoms. The molecule has 0 radical (unpaired) electrons. The van der Waals surface area contributed by atoms with Crippen molar-refractivity contribution in [1.29, 1.82) is 0 Å². The standard InChI is InChI=1S/C53H88O2/c1-10-37(34(2)3)16-14-35(4)43-21-23-46-42-20-18-39-33-40(26-30-51(39,7)48(42)28-32-52(43,46)8)55-49(54)25-15-36(5)44-22-24-45-41-19-17-38-13-11-12-29-50(38,6)47(41)27-31-53(44,45)9/h14,16,18,34-38,40-49,54H,10-13,15,17,19-33H2,1-9H3/b16-14+/t35?,36-,37?,38?,40?,41?,42?,43?,44?,45?,46?,47?,48?,49?,50?,51?,52?,53?/m0/s1. The molecule has 2 nitrogen and oxygen atoms in total. The molecule has 7 fully saturated rings. The van der Waals surface area contributed by atoms with Crippen LogP contribution in [-0.2, 0) is 4.74 Å². The van der Waals surface area contributed by atoms with Crippen LogP contribution in [0.2, 0.25) is 0 Å². The monoisotopic (exact) mass is 757 g/mol. The second kappa shape index (κ2) is 15.8. The van der Waals surface area contributed by atoms with Crippen LogP contribution < -0.4 is 0 Å². The lowest BCUT2D eigenvalue weighted by molar-refractivity contribution is -0.155. The predicted octanol–water partition coefficient (Wildman–Crippen LogP) is 14.6. The van der Waals surface area contributed by atoms with Gasteiger partial charge in [0.2, 0.25) is 0 Å². The summed E-state index contributed by atoms with van der Waals surface area (Å²) in [6.07, 6.45) is 36.0. The highest BCUT2D eigenvalue weighted by Crippen LogP contribution is 2.69. The first kappa shape index (κ1) is 41.1. The lowest BCUT2D eigenvalue weighted by atomic mass is 9.44. The Kier molecular flexibility index (Phi) is 11.8. The van der Waals surface area contributed by atoms with Gasteiger partial charge in [0.1, 0.15) is 0 Å². The zero-order valence-electron chi connectivity index (χ0n) is 37.6. The predicted molar refractivity (Wildman–Crippen MR) is 231 cm³/mol. The zero-order valence-corrected chi connectivity index (χ0v) is 37.6. The fourth-order valence-corrected chi connectivity index (χ4v) is 18.1. The van der Waals surface area contributed by atoms with Crippen LogP contribution in [0.5, 0.6) is 0 Å². The van der Waals surface area contributed by atoms with E-state index in [1.165, 1.54) is 109 Å². The Morgan fingerprint density at radius 2 is 1.38 bits per heavy atom. The highest BCUT2D eigenvalue weighted by atomic mass is 16.6. The summed E-state index contributed by atoms with van der Waals surface area (Å²) in [7, 11) is 0. The maximum atomic E-state index is 11.4. The van der Waals surface area contributed by atoms with Gasteiger partial charge in [0.05, 0.1) is 6.10 Å². The van der Waals surface area contributed by atoms with Crippen LogP contribution >= 0.6 is 0 Å². The van der Waals surface area contributed by atoms with E-state index in [0.717, 1.165) is 90.8 Å². The van der Waals surface area contributed by atoms with Crippen LogP contribution in [0.25, 0.3) is 0 Å². The van der Waals surface area contributed by atoms with E-state index in [-0.39, 0.29) is 6.10 Å². The minimum atomic E-state index is -0.606. The molecule has 0 bridgehead atoms. The number of fused-ring (bicyclic) bond motifs is 10. The first-order valence-electron chi connectivity index (χ1n) is 24.9. The van der Waals surface area contributed by atoms with E-state index >= 15 is 0 Å². The third-order valence-corrected chi connectivity index (χ3v) is 21.3. The SMILES string of the molecule is CCC(/C=C/C(C)C1CCC2C3CC=C4CC(OC(O)CC[C@H](C)C5CCC6C7CCC8CCCCC8(C)C7CCC65C)CCC4(C)C3CCC12C)C(C)C. The van der Waals surface area contributed by atoms with E-state index in [9.17, 15) is 5.11 Å². The Labute approximate surface area is 340 Å². The van der Waals surface area contributed by atoms with Crippen LogP contribution in [0.1, 0.15) is 197 Å². The number of aliphatic hydroxyl groups is 1. The molecule has 312 valence electrons. The Bertz CT molecular complexity index is 1390. The van der Waals surface area contributed by atoms with Gasteiger partial charge in [-0.3, -0.25) is 0 Å². The molecule has 0 heterocycles. The minimum absolute atomic E-state index is 0.191. The lowest BCUT2D eigenvalue weighted by Gasteiger charge is -2.61. The molecule has 55 heavy (non-hydrogen) atoms. The Morgan fingerprint density at radius 3 is 2.13 bits per heavy atom. The molecule has 18 atom stereocenters. The van der Waals surface area contributed by atoms with Gasteiger partial charge in [0, 0.05) is 0 Å². The van der Waals surface area contributed by atoms with Crippen molar-refractivity contribution in [1.82, 2.24) is 0 Å². The zero-order chi connectivity index (χ0) is 38.9.